The second kappa shape index (κ2) is 3.11. The zero-order valence-corrected chi connectivity index (χ0v) is 9.10. The summed E-state index contributed by atoms with van der Waals surface area (Å²) < 4.78 is 2.07. The molecule has 1 saturated carbocycles. The fourth-order valence-electron chi connectivity index (χ4n) is 2.23. The summed E-state index contributed by atoms with van der Waals surface area (Å²) >= 11 is 0. The molecular formula is C13H13NO2. The first-order chi connectivity index (χ1) is 7.68. The van der Waals surface area contributed by atoms with Crippen LogP contribution in [0.5, 0.6) is 5.75 Å². The smallest absolute Gasteiger partial charge is 0.176 e. The van der Waals surface area contributed by atoms with Crippen LogP contribution in [0.1, 0.15) is 36.3 Å². The van der Waals surface area contributed by atoms with Gasteiger partial charge in [-0.1, -0.05) is 6.07 Å². The van der Waals surface area contributed by atoms with Crippen molar-refractivity contribution < 1.29 is 9.90 Å². The first kappa shape index (κ1) is 9.46. The molecule has 1 heterocycles. The highest BCUT2D eigenvalue weighted by molar-refractivity contribution is 6.00. The predicted octanol–water partition coefficient (Wildman–Crippen LogP) is 2.88. The Morgan fingerprint density at radius 2 is 2.19 bits per heavy atom. The zero-order valence-electron chi connectivity index (χ0n) is 9.10. The van der Waals surface area contributed by atoms with Gasteiger partial charge in [-0.25, -0.2) is 0 Å². The predicted molar refractivity (Wildman–Crippen MR) is 61.9 cm³/mol. The van der Waals surface area contributed by atoms with Gasteiger partial charge in [-0.05, 0) is 31.0 Å². The van der Waals surface area contributed by atoms with E-state index < -0.39 is 0 Å². The van der Waals surface area contributed by atoms with Crippen molar-refractivity contribution in [2.75, 3.05) is 0 Å². The number of benzene rings is 1. The number of carbonyl (C=O) groups excluding carboxylic acids is 1. The molecule has 1 aromatic carbocycles. The van der Waals surface area contributed by atoms with Crippen molar-refractivity contribution in [1.82, 2.24) is 4.57 Å². The lowest BCUT2D eigenvalue weighted by atomic mass is 10.2. The number of hydrogen-bond donors (Lipinski definition) is 1. The Bertz CT molecular complexity index is 579. The fraction of sp³-hybridized carbons (Fsp3) is 0.308. The summed E-state index contributed by atoms with van der Waals surface area (Å²) in [7, 11) is 0. The Morgan fingerprint density at radius 3 is 2.81 bits per heavy atom. The minimum atomic E-state index is 0.0579. The summed E-state index contributed by atoms with van der Waals surface area (Å²) in [6, 6.07) is 7.67. The third kappa shape index (κ3) is 1.24. The summed E-state index contributed by atoms with van der Waals surface area (Å²) in [5.41, 5.74) is 1.67. The van der Waals surface area contributed by atoms with E-state index in [0.29, 0.717) is 11.7 Å². The molecule has 0 bridgehead atoms. The maximum Gasteiger partial charge on any atom is 0.176 e. The highest BCUT2D eigenvalue weighted by atomic mass is 16.3. The van der Waals surface area contributed by atoms with Crippen molar-refractivity contribution in [1.29, 1.82) is 0 Å². The van der Waals surface area contributed by atoms with E-state index in [1.54, 1.807) is 19.1 Å². The second-order valence-corrected chi connectivity index (χ2v) is 4.40. The Kier molecular flexibility index (Phi) is 1.84. The minimum Gasteiger partial charge on any atom is -0.507 e. The molecule has 1 fully saturated rings. The van der Waals surface area contributed by atoms with Gasteiger partial charge >= 0.3 is 0 Å². The molecule has 1 N–H and O–H groups in total. The molecule has 1 aromatic heterocycles. The molecular weight excluding hydrogens is 202 g/mol. The molecule has 0 aliphatic heterocycles. The average molecular weight is 215 g/mol. The van der Waals surface area contributed by atoms with E-state index in [9.17, 15) is 9.90 Å². The number of phenolic OH excluding ortho intramolecular Hbond substituents is 1. The maximum absolute atomic E-state index is 11.6. The molecule has 0 unspecified atom stereocenters. The largest absolute Gasteiger partial charge is 0.507 e. The number of Topliss-reactive ketones (excluding diaryl/α,β-unsaturated/α-hetero) is 1. The van der Waals surface area contributed by atoms with Gasteiger partial charge in [0, 0.05) is 18.4 Å². The Balaban J connectivity index is 2.37. The van der Waals surface area contributed by atoms with Gasteiger partial charge in [0.2, 0.25) is 0 Å². The normalized spacial score (nSPS) is 15.6. The summed E-state index contributed by atoms with van der Waals surface area (Å²) in [6.07, 6.45) is 2.25. The van der Waals surface area contributed by atoms with E-state index in [-0.39, 0.29) is 11.5 Å². The number of aromatic hydroxyl groups is 1. The third-order valence-corrected chi connectivity index (χ3v) is 3.13. The highest BCUT2D eigenvalue weighted by Gasteiger charge is 2.28. The van der Waals surface area contributed by atoms with Crippen LogP contribution < -0.4 is 0 Å². The summed E-state index contributed by atoms with van der Waals surface area (Å²) in [4.78, 5) is 11.6. The van der Waals surface area contributed by atoms with Crippen LogP contribution in [0.15, 0.2) is 24.3 Å². The molecule has 2 aromatic rings. The lowest BCUT2D eigenvalue weighted by Crippen LogP contribution is -2.04. The summed E-state index contributed by atoms with van der Waals surface area (Å²) in [5, 5.41) is 10.5. The number of nitrogens with zero attached hydrogens (tertiary/aromatic N) is 1. The van der Waals surface area contributed by atoms with Gasteiger partial charge in [0.05, 0.1) is 11.2 Å². The van der Waals surface area contributed by atoms with Crippen molar-refractivity contribution in [2.24, 2.45) is 0 Å². The summed E-state index contributed by atoms with van der Waals surface area (Å²) in [6.45, 7) is 1.57. The number of aromatic nitrogens is 1. The van der Waals surface area contributed by atoms with Gasteiger partial charge in [-0.15, -0.1) is 0 Å². The topological polar surface area (TPSA) is 42.2 Å². The first-order valence-corrected chi connectivity index (χ1v) is 5.52. The maximum atomic E-state index is 11.6. The van der Waals surface area contributed by atoms with Gasteiger partial charge in [-0.2, -0.15) is 0 Å². The van der Waals surface area contributed by atoms with Crippen LogP contribution in [0.3, 0.4) is 0 Å². The second-order valence-electron chi connectivity index (χ2n) is 4.40. The summed E-state index contributed by atoms with van der Waals surface area (Å²) in [5.74, 6) is 0.307. The van der Waals surface area contributed by atoms with Crippen LogP contribution in [-0.2, 0) is 0 Å². The molecule has 0 saturated heterocycles. The molecule has 1 aliphatic carbocycles. The molecule has 0 amide bonds. The van der Waals surface area contributed by atoms with Gasteiger partial charge in [0.1, 0.15) is 5.75 Å². The van der Waals surface area contributed by atoms with Gasteiger partial charge in [0.15, 0.2) is 5.78 Å². The quantitative estimate of drug-likeness (QED) is 0.782. The highest BCUT2D eigenvalue weighted by Crippen LogP contribution is 2.41. The van der Waals surface area contributed by atoms with Crippen LogP contribution in [0, 0.1) is 0 Å². The van der Waals surface area contributed by atoms with E-state index in [0.717, 1.165) is 23.7 Å². The van der Waals surface area contributed by atoms with E-state index in [1.165, 1.54) is 0 Å². The molecule has 16 heavy (non-hydrogen) atoms. The van der Waals surface area contributed by atoms with Crippen molar-refractivity contribution in [3.63, 3.8) is 0 Å². The molecule has 0 atom stereocenters. The standard InChI is InChI=1S/C13H13NO2/c1-8(15)12-7-10-11(3-2-4-13(10)16)14(12)9-5-6-9/h2-4,7,9,16H,5-6H2,1H3. The number of phenols is 1. The molecule has 3 rings (SSSR count). The van der Waals surface area contributed by atoms with Crippen LogP contribution in [0.25, 0.3) is 10.9 Å². The molecule has 3 nitrogen and oxygen atoms in total. The number of ketones is 1. The Morgan fingerprint density at radius 1 is 1.44 bits per heavy atom. The number of hydrogen-bond acceptors (Lipinski definition) is 2. The molecule has 3 heteroatoms. The van der Waals surface area contributed by atoms with E-state index in [4.69, 9.17) is 0 Å². The van der Waals surface area contributed by atoms with Crippen molar-refractivity contribution in [2.45, 2.75) is 25.8 Å². The van der Waals surface area contributed by atoms with Crippen molar-refractivity contribution in [3.8, 4) is 5.75 Å². The lowest BCUT2D eigenvalue weighted by Gasteiger charge is -2.06. The van der Waals surface area contributed by atoms with E-state index >= 15 is 0 Å². The molecule has 0 radical (unpaired) electrons. The van der Waals surface area contributed by atoms with Crippen LogP contribution in [0.2, 0.25) is 0 Å². The number of fused-ring (bicyclic) bond motifs is 1. The minimum absolute atomic E-state index is 0.0579. The van der Waals surface area contributed by atoms with Crippen molar-refractivity contribution in [3.05, 3.63) is 30.0 Å². The Hall–Kier alpha value is -1.77. The van der Waals surface area contributed by atoms with Gasteiger partial charge in [0.25, 0.3) is 0 Å². The molecule has 0 spiro atoms. The molecule has 1 aliphatic rings. The third-order valence-electron chi connectivity index (χ3n) is 3.13. The number of carbonyl (C=O) groups is 1. The van der Waals surface area contributed by atoms with Crippen molar-refractivity contribution >= 4 is 16.7 Å². The lowest BCUT2D eigenvalue weighted by molar-refractivity contribution is 0.100. The monoisotopic (exact) mass is 215 g/mol. The van der Waals surface area contributed by atoms with Crippen LogP contribution in [0.4, 0.5) is 0 Å². The first-order valence-electron chi connectivity index (χ1n) is 5.52. The number of rotatable bonds is 2. The average Bonchev–Trinajstić information content (AvgIpc) is 2.99. The van der Waals surface area contributed by atoms with E-state index in [1.807, 2.05) is 12.1 Å². The zero-order chi connectivity index (χ0) is 11.3. The van der Waals surface area contributed by atoms with Gasteiger partial charge in [-0.3, -0.25) is 4.79 Å². The van der Waals surface area contributed by atoms with Crippen LogP contribution in [-0.4, -0.2) is 15.5 Å². The van der Waals surface area contributed by atoms with Crippen LogP contribution >= 0.6 is 0 Å². The van der Waals surface area contributed by atoms with E-state index in [2.05, 4.69) is 4.57 Å². The molecule has 82 valence electrons. The fourth-order valence-corrected chi connectivity index (χ4v) is 2.23. The Labute approximate surface area is 93.3 Å². The SMILES string of the molecule is CC(=O)c1cc2c(O)cccc2n1C1CC1. The van der Waals surface area contributed by atoms with Gasteiger partial charge < -0.3 is 9.67 Å².